The molecule has 94 valence electrons. The van der Waals surface area contributed by atoms with Crippen molar-refractivity contribution in [1.29, 1.82) is 0 Å². The lowest BCUT2D eigenvalue weighted by Crippen LogP contribution is -2.32. The zero-order valence-electron chi connectivity index (χ0n) is 10.7. The highest BCUT2D eigenvalue weighted by Gasteiger charge is 2.22. The molecule has 0 bridgehead atoms. The lowest BCUT2D eigenvalue weighted by atomic mass is 9.98. The average molecular weight is 244 g/mol. The van der Waals surface area contributed by atoms with Gasteiger partial charge in [-0.2, -0.15) is 5.10 Å². The molecule has 18 heavy (non-hydrogen) atoms. The highest BCUT2D eigenvalue weighted by atomic mass is 16.3. The zero-order chi connectivity index (χ0) is 13.3. The Balaban J connectivity index is 2.66. The van der Waals surface area contributed by atoms with E-state index in [0.717, 1.165) is 5.56 Å². The predicted octanol–water partition coefficient (Wildman–Crippen LogP) is 1.67. The first-order valence-electron chi connectivity index (χ1n) is 5.76. The molecule has 1 heterocycles. The van der Waals surface area contributed by atoms with Gasteiger partial charge >= 0.3 is 0 Å². The van der Waals surface area contributed by atoms with Crippen molar-refractivity contribution in [3.63, 3.8) is 0 Å². The molecule has 0 saturated carbocycles. The lowest BCUT2D eigenvalue weighted by molar-refractivity contribution is 0.0763. The van der Waals surface area contributed by atoms with E-state index in [1.165, 1.54) is 4.68 Å². The minimum atomic E-state index is -1.18. The van der Waals surface area contributed by atoms with Crippen LogP contribution in [0.3, 0.4) is 0 Å². The molecule has 0 saturated heterocycles. The average Bonchev–Trinajstić information content (AvgIpc) is 2.32. The topological polar surface area (TPSA) is 55.1 Å². The second kappa shape index (κ2) is 4.38. The monoisotopic (exact) mass is 244 g/mol. The number of rotatable bonds is 2. The first-order chi connectivity index (χ1) is 8.39. The molecule has 0 aliphatic carbocycles. The largest absolute Gasteiger partial charge is 0.386 e. The zero-order valence-corrected chi connectivity index (χ0v) is 10.7. The lowest BCUT2D eigenvalue weighted by Gasteiger charge is -2.18. The third-order valence-electron chi connectivity index (χ3n) is 2.79. The second-order valence-electron chi connectivity index (χ2n) is 4.80. The van der Waals surface area contributed by atoms with Gasteiger partial charge in [0.1, 0.15) is 0 Å². The van der Waals surface area contributed by atoms with Crippen LogP contribution in [0.2, 0.25) is 0 Å². The maximum Gasteiger partial charge on any atom is 0.272 e. The number of benzene rings is 1. The smallest absolute Gasteiger partial charge is 0.272 e. The van der Waals surface area contributed by atoms with E-state index >= 15 is 0 Å². The standard InChI is InChI=1S/C14H16N2O2/c1-14(2,18)11-9-12(15-16(3)13(11)17)10-7-5-4-6-8-10/h4-9,18H,1-3H3. The van der Waals surface area contributed by atoms with Gasteiger partial charge < -0.3 is 5.11 Å². The van der Waals surface area contributed by atoms with Crippen LogP contribution in [0.1, 0.15) is 19.4 Å². The molecule has 0 unspecified atom stereocenters. The first-order valence-corrected chi connectivity index (χ1v) is 5.76. The van der Waals surface area contributed by atoms with Crippen molar-refractivity contribution in [2.24, 2.45) is 7.05 Å². The summed E-state index contributed by atoms with van der Waals surface area (Å²) in [5, 5.41) is 14.2. The molecular formula is C14H16N2O2. The quantitative estimate of drug-likeness (QED) is 0.874. The predicted molar refractivity (Wildman–Crippen MR) is 70.2 cm³/mol. The molecule has 0 fully saturated rings. The molecule has 1 aromatic heterocycles. The molecule has 1 aromatic carbocycles. The second-order valence-corrected chi connectivity index (χ2v) is 4.80. The summed E-state index contributed by atoms with van der Waals surface area (Å²) in [6, 6.07) is 11.2. The van der Waals surface area contributed by atoms with Gasteiger partial charge in [-0.05, 0) is 19.9 Å². The maximum atomic E-state index is 11.9. The van der Waals surface area contributed by atoms with Crippen LogP contribution < -0.4 is 5.56 Å². The summed E-state index contributed by atoms with van der Waals surface area (Å²) in [6.45, 7) is 3.19. The van der Waals surface area contributed by atoms with E-state index in [4.69, 9.17) is 0 Å². The van der Waals surface area contributed by atoms with Gasteiger partial charge in [-0.15, -0.1) is 0 Å². The Morgan fingerprint density at radius 1 is 1.22 bits per heavy atom. The Labute approximate surface area is 106 Å². The van der Waals surface area contributed by atoms with Gasteiger partial charge in [0, 0.05) is 12.6 Å². The van der Waals surface area contributed by atoms with Crippen molar-refractivity contribution >= 4 is 0 Å². The van der Waals surface area contributed by atoms with Gasteiger partial charge in [0.2, 0.25) is 0 Å². The van der Waals surface area contributed by atoms with Crippen LogP contribution in [0.15, 0.2) is 41.2 Å². The minimum absolute atomic E-state index is 0.276. The number of aliphatic hydroxyl groups is 1. The van der Waals surface area contributed by atoms with E-state index in [1.54, 1.807) is 27.0 Å². The molecule has 0 amide bonds. The van der Waals surface area contributed by atoms with Crippen LogP contribution >= 0.6 is 0 Å². The van der Waals surface area contributed by atoms with E-state index in [-0.39, 0.29) is 5.56 Å². The van der Waals surface area contributed by atoms with Gasteiger partial charge in [-0.3, -0.25) is 4.79 Å². The summed E-state index contributed by atoms with van der Waals surface area (Å²) in [4.78, 5) is 11.9. The summed E-state index contributed by atoms with van der Waals surface area (Å²) in [6.07, 6.45) is 0. The number of hydrogen-bond donors (Lipinski definition) is 1. The Bertz CT molecular complexity index is 610. The molecule has 4 heteroatoms. The van der Waals surface area contributed by atoms with E-state index in [0.29, 0.717) is 11.3 Å². The van der Waals surface area contributed by atoms with Crippen LogP contribution in [0.25, 0.3) is 11.3 Å². The Hall–Kier alpha value is -1.94. The van der Waals surface area contributed by atoms with Crippen molar-refractivity contribution in [1.82, 2.24) is 9.78 Å². The van der Waals surface area contributed by atoms with Gasteiger partial charge in [0.25, 0.3) is 5.56 Å². The molecule has 0 aliphatic heterocycles. The fourth-order valence-corrected chi connectivity index (χ4v) is 1.80. The van der Waals surface area contributed by atoms with Crippen LogP contribution in [0, 0.1) is 0 Å². The number of nitrogens with zero attached hydrogens (tertiary/aromatic N) is 2. The van der Waals surface area contributed by atoms with E-state index in [2.05, 4.69) is 5.10 Å². The van der Waals surface area contributed by atoms with Gasteiger partial charge in [-0.1, -0.05) is 30.3 Å². The maximum absolute atomic E-state index is 11.9. The van der Waals surface area contributed by atoms with Gasteiger partial charge in [0.15, 0.2) is 0 Å². The normalized spacial score (nSPS) is 11.6. The molecule has 4 nitrogen and oxygen atoms in total. The third kappa shape index (κ3) is 2.33. The highest BCUT2D eigenvalue weighted by molar-refractivity contribution is 5.59. The molecule has 2 rings (SSSR count). The minimum Gasteiger partial charge on any atom is -0.386 e. The van der Waals surface area contributed by atoms with Crippen molar-refractivity contribution in [2.75, 3.05) is 0 Å². The van der Waals surface area contributed by atoms with Crippen molar-refractivity contribution in [2.45, 2.75) is 19.4 Å². The first kappa shape index (κ1) is 12.5. The molecule has 1 N–H and O–H groups in total. The molecule has 0 aliphatic rings. The number of aryl methyl sites for hydroxylation is 1. The summed E-state index contributed by atoms with van der Waals surface area (Å²) in [5.74, 6) is 0. The van der Waals surface area contributed by atoms with Gasteiger partial charge in [0.05, 0.1) is 16.9 Å². The van der Waals surface area contributed by atoms with E-state index in [1.807, 2.05) is 30.3 Å². The third-order valence-corrected chi connectivity index (χ3v) is 2.79. The molecule has 0 atom stereocenters. The highest BCUT2D eigenvalue weighted by Crippen LogP contribution is 2.21. The number of aromatic nitrogens is 2. The van der Waals surface area contributed by atoms with Crippen molar-refractivity contribution < 1.29 is 5.11 Å². The summed E-state index contributed by atoms with van der Waals surface area (Å²) < 4.78 is 1.26. The fraction of sp³-hybridized carbons (Fsp3) is 0.286. The van der Waals surface area contributed by atoms with Crippen molar-refractivity contribution in [3.05, 3.63) is 52.3 Å². The Morgan fingerprint density at radius 3 is 2.39 bits per heavy atom. The molecule has 0 radical (unpaired) electrons. The van der Waals surface area contributed by atoms with Gasteiger partial charge in [-0.25, -0.2) is 4.68 Å². The summed E-state index contributed by atoms with van der Waals surface area (Å²) >= 11 is 0. The molecule has 0 spiro atoms. The SMILES string of the molecule is Cn1nc(-c2ccccc2)cc(C(C)(C)O)c1=O. The van der Waals surface area contributed by atoms with Crippen LogP contribution in [-0.2, 0) is 12.6 Å². The van der Waals surface area contributed by atoms with Crippen LogP contribution in [0.4, 0.5) is 0 Å². The Morgan fingerprint density at radius 2 is 1.83 bits per heavy atom. The van der Waals surface area contributed by atoms with E-state index < -0.39 is 5.60 Å². The number of hydrogen-bond acceptors (Lipinski definition) is 3. The van der Waals surface area contributed by atoms with Crippen molar-refractivity contribution in [3.8, 4) is 11.3 Å². The summed E-state index contributed by atoms with van der Waals surface area (Å²) in [5.41, 5.74) is 0.482. The van der Waals surface area contributed by atoms with E-state index in [9.17, 15) is 9.90 Å². The van der Waals surface area contributed by atoms with Crippen LogP contribution in [0.5, 0.6) is 0 Å². The molecular weight excluding hydrogens is 228 g/mol. The Kier molecular flexibility index (Phi) is 3.05. The summed E-state index contributed by atoms with van der Waals surface area (Å²) in [7, 11) is 1.59. The molecule has 2 aromatic rings. The fourth-order valence-electron chi connectivity index (χ4n) is 1.80. The van der Waals surface area contributed by atoms with Crippen LogP contribution in [-0.4, -0.2) is 14.9 Å².